The second kappa shape index (κ2) is 12.1. The summed E-state index contributed by atoms with van der Waals surface area (Å²) in [4.78, 5) is 39.7. The van der Waals surface area contributed by atoms with Crippen LogP contribution in [0.5, 0.6) is 11.5 Å². The number of rotatable bonds is 9. The second-order valence-electron chi connectivity index (χ2n) is 8.65. The highest BCUT2D eigenvalue weighted by atomic mass is 35.5. The Bertz CT molecular complexity index is 1110. The zero-order valence-corrected chi connectivity index (χ0v) is 22.7. The fraction of sp³-hybridized carbons (Fsp3) is 0.500. The van der Waals surface area contributed by atoms with Gasteiger partial charge in [0.25, 0.3) is 0 Å². The van der Waals surface area contributed by atoms with Crippen LogP contribution in [0, 0.1) is 11.8 Å². The maximum Gasteiger partial charge on any atom is 0.336 e. The van der Waals surface area contributed by atoms with E-state index in [9.17, 15) is 19.5 Å². The van der Waals surface area contributed by atoms with Crippen molar-refractivity contribution in [2.45, 2.75) is 40.0 Å². The van der Waals surface area contributed by atoms with E-state index >= 15 is 0 Å². The zero-order valence-electron chi connectivity index (χ0n) is 21.1. The maximum atomic E-state index is 13.8. The van der Waals surface area contributed by atoms with E-state index in [1.165, 1.54) is 13.2 Å². The number of nitrogens with one attached hydrogen (secondary N) is 1. The maximum absolute atomic E-state index is 13.8. The molecule has 0 bridgehead atoms. The zero-order chi connectivity index (χ0) is 26.6. The Kier molecular flexibility index (Phi) is 9.35. The van der Waals surface area contributed by atoms with Gasteiger partial charge in [-0.15, -0.1) is 0 Å². The molecule has 0 unspecified atom stereocenters. The van der Waals surface area contributed by atoms with Crippen LogP contribution in [0.15, 0.2) is 34.7 Å². The number of dihydropyridines is 1. The van der Waals surface area contributed by atoms with Crippen molar-refractivity contribution in [2.75, 3.05) is 31.8 Å². The van der Waals surface area contributed by atoms with E-state index in [-0.39, 0.29) is 46.8 Å². The summed E-state index contributed by atoms with van der Waals surface area (Å²) in [7, 11) is 1.25. The summed E-state index contributed by atoms with van der Waals surface area (Å²) >= 11 is 7.98. The summed E-state index contributed by atoms with van der Waals surface area (Å²) in [6, 6.07) is 3.07. The molecular weight excluding hydrogens is 506 g/mol. The van der Waals surface area contributed by atoms with Crippen molar-refractivity contribution < 1.29 is 33.7 Å². The molecule has 196 valence electrons. The highest BCUT2D eigenvalue weighted by molar-refractivity contribution is 7.99. The van der Waals surface area contributed by atoms with Crippen molar-refractivity contribution >= 4 is 41.1 Å². The molecule has 10 heteroatoms. The third-order valence-corrected chi connectivity index (χ3v) is 7.46. The van der Waals surface area contributed by atoms with E-state index in [4.69, 9.17) is 25.8 Å². The fourth-order valence-electron chi connectivity index (χ4n) is 4.73. The molecule has 0 saturated heterocycles. The third-order valence-electron chi connectivity index (χ3n) is 6.31. The van der Waals surface area contributed by atoms with Crippen LogP contribution in [-0.2, 0) is 23.9 Å². The van der Waals surface area contributed by atoms with Gasteiger partial charge in [-0.2, -0.15) is 11.8 Å². The quantitative estimate of drug-likeness (QED) is 0.269. The van der Waals surface area contributed by atoms with Crippen LogP contribution in [-0.4, -0.2) is 54.7 Å². The first-order chi connectivity index (χ1) is 17.2. The number of esters is 2. The lowest BCUT2D eigenvalue weighted by molar-refractivity contribution is -0.151. The average molecular weight is 538 g/mol. The Morgan fingerprint density at radius 1 is 1.28 bits per heavy atom. The Hall–Kier alpha value is -2.65. The van der Waals surface area contributed by atoms with Gasteiger partial charge in [0.2, 0.25) is 0 Å². The summed E-state index contributed by atoms with van der Waals surface area (Å²) in [6.07, 6.45) is 0.411. The van der Waals surface area contributed by atoms with Gasteiger partial charge in [0.1, 0.15) is 12.5 Å². The predicted molar refractivity (Wildman–Crippen MR) is 138 cm³/mol. The van der Waals surface area contributed by atoms with Crippen LogP contribution >= 0.6 is 23.4 Å². The monoisotopic (exact) mass is 537 g/mol. The summed E-state index contributed by atoms with van der Waals surface area (Å²) in [5.74, 6) is -2.37. The molecule has 0 saturated carbocycles. The predicted octanol–water partition coefficient (Wildman–Crippen LogP) is 4.35. The van der Waals surface area contributed by atoms with Gasteiger partial charge in [0.05, 0.1) is 24.3 Å². The first kappa shape index (κ1) is 27.9. The summed E-state index contributed by atoms with van der Waals surface area (Å²) in [5, 5.41) is 13.6. The standard InChI is InChI=1S/C26H32ClNO7S/c1-6-34-18-12-15(11-16(27)23(18)29)21-20(26(32)35-8-9-36-7-2)14(4)28-17-10-13(3)19(25(31)33-5)24(30)22(17)21/h11-13,19,21,28-29H,6-10H2,1-5H3/t13-,19-,21-/m0/s1. The first-order valence-electron chi connectivity index (χ1n) is 11.9. The Labute approximate surface area is 220 Å². The van der Waals surface area contributed by atoms with Crippen molar-refractivity contribution in [1.82, 2.24) is 5.32 Å². The number of phenolic OH excluding ortho intramolecular Hbond substituents is 1. The number of ketones is 1. The molecule has 1 aliphatic heterocycles. The number of benzene rings is 1. The van der Waals surface area contributed by atoms with Crippen LogP contribution in [0.25, 0.3) is 0 Å². The minimum atomic E-state index is -1.01. The van der Waals surface area contributed by atoms with E-state index in [0.29, 0.717) is 29.1 Å². The molecule has 36 heavy (non-hydrogen) atoms. The molecular formula is C26H32ClNO7S. The third kappa shape index (κ3) is 5.52. The van der Waals surface area contributed by atoms with E-state index in [2.05, 4.69) is 5.32 Å². The molecule has 1 aliphatic carbocycles. The van der Waals surface area contributed by atoms with Crippen molar-refractivity contribution in [1.29, 1.82) is 0 Å². The fourth-order valence-corrected chi connectivity index (χ4v) is 5.43. The topological polar surface area (TPSA) is 111 Å². The normalized spacial score (nSPS) is 21.6. The molecule has 8 nitrogen and oxygen atoms in total. The van der Waals surface area contributed by atoms with Gasteiger partial charge in [0, 0.05) is 28.6 Å². The van der Waals surface area contributed by atoms with Crippen LogP contribution in [0.4, 0.5) is 0 Å². The highest BCUT2D eigenvalue weighted by Gasteiger charge is 2.47. The van der Waals surface area contributed by atoms with Crippen LogP contribution in [0.1, 0.15) is 45.6 Å². The highest BCUT2D eigenvalue weighted by Crippen LogP contribution is 2.48. The SMILES string of the molecule is CCOc1cc([C@H]2C(C(=O)OCCSCC)=C(C)NC3=C2C(=O)[C@@H](C(=O)OC)[C@@H](C)C3)cc(Cl)c1O. The van der Waals surface area contributed by atoms with Crippen molar-refractivity contribution in [2.24, 2.45) is 11.8 Å². The number of hydrogen-bond acceptors (Lipinski definition) is 9. The number of hydrogen-bond donors (Lipinski definition) is 2. The van der Waals surface area contributed by atoms with Gasteiger partial charge < -0.3 is 24.6 Å². The van der Waals surface area contributed by atoms with E-state index < -0.39 is 29.6 Å². The van der Waals surface area contributed by atoms with E-state index in [1.54, 1.807) is 31.7 Å². The minimum absolute atomic E-state index is 0.0162. The number of allylic oxidation sites excluding steroid dienone is 3. The van der Waals surface area contributed by atoms with E-state index in [1.807, 2.05) is 13.8 Å². The molecule has 3 rings (SSSR count). The Morgan fingerprint density at radius 3 is 2.64 bits per heavy atom. The molecule has 0 amide bonds. The van der Waals surface area contributed by atoms with Gasteiger partial charge in [-0.05, 0) is 49.6 Å². The number of carbonyl (C=O) groups excluding carboxylic acids is 3. The van der Waals surface area contributed by atoms with Crippen molar-refractivity contribution in [3.63, 3.8) is 0 Å². The number of Topliss-reactive ketones (excluding diaryl/α,β-unsaturated/α-hetero) is 1. The minimum Gasteiger partial charge on any atom is -0.503 e. The van der Waals surface area contributed by atoms with Crippen LogP contribution < -0.4 is 10.1 Å². The smallest absolute Gasteiger partial charge is 0.336 e. The number of aromatic hydroxyl groups is 1. The number of ether oxygens (including phenoxy) is 3. The molecule has 2 aliphatic rings. The molecule has 0 fully saturated rings. The second-order valence-corrected chi connectivity index (χ2v) is 10.5. The molecule has 2 N–H and O–H groups in total. The lowest BCUT2D eigenvalue weighted by atomic mass is 9.69. The van der Waals surface area contributed by atoms with Gasteiger partial charge in [-0.1, -0.05) is 25.4 Å². The molecule has 3 atom stereocenters. The molecule has 1 heterocycles. The van der Waals surface area contributed by atoms with Crippen molar-refractivity contribution in [3.8, 4) is 11.5 Å². The number of phenols is 1. The van der Waals surface area contributed by atoms with Crippen LogP contribution in [0.3, 0.4) is 0 Å². The average Bonchev–Trinajstić information content (AvgIpc) is 2.83. The molecule has 0 spiro atoms. The summed E-state index contributed by atoms with van der Waals surface area (Å²) < 4.78 is 16.1. The molecule has 0 radical (unpaired) electrons. The van der Waals surface area contributed by atoms with Gasteiger partial charge >= 0.3 is 11.9 Å². The Morgan fingerprint density at radius 2 is 2.00 bits per heavy atom. The largest absolute Gasteiger partial charge is 0.503 e. The first-order valence-corrected chi connectivity index (χ1v) is 13.4. The lowest BCUT2D eigenvalue weighted by Gasteiger charge is -2.38. The van der Waals surface area contributed by atoms with E-state index in [0.717, 1.165) is 5.75 Å². The number of halogens is 1. The lowest BCUT2D eigenvalue weighted by Crippen LogP contribution is -2.43. The van der Waals surface area contributed by atoms with Gasteiger partial charge in [-0.3, -0.25) is 9.59 Å². The van der Waals surface area contributed by atoms with Crippen LogP contribution in [0.2, 0.25) is 5.02 Å². The number of thioether (sulfide) groups is 1. The number of carbonyl (C=O) groups is 3. The summed E-state index contributed by atoms with van der Waals surface area (Å²) in [6.45, 7) is 7.84. The van der Waals surface area contributed by atoms with Gasteiger partial charge in [0.15, 0.2) is 17.3 Å². The number of methoxy groups -OCH3 is 1. The molecule has 1 aromatic rings. The van der Waals surface area contributed by atoms with Gasteiger partial charge in [-0.25, -0.2) is 4.79 Å². The molecule has 0 aromatic heterocycles. The Balaban J connectivity index is 2.17. The van der Waals surface area contributed by atoms with Crippen molar-refractivity contribution in [3.05, 3.63) is 45.3 Å². The molecule has 1 aromatic carbocycles. The summed E-state index contributed by atoms with van der Waals surface area (Å²) in [5.41, 5.74) is 2.18.